The smallest absolute Gasteiger partial charge is 0.251 e. The number of nitrogens with zero attached hydrogens (tertiary/aromatic N) is 1. The molecule has 2 aromatic carbocycles. The molecule has 0 fully saturated rings. The van der Waals surface area contributed by atoms with Gasteiger partial charge in [-0.2, -0.15) is 0 Å². The van der Waals surface area contributed by atoms with Crippen LogP contribution in [0.15, 0.2) is 42.5 Å². The number of hydrogen-bond acceptors (Lipinski definition) is 3. The number of amides is 2. The molecule has 0 bridgehead atoms. The van der Waals surface area contributed by atoms with E-state index in [4.69, 9.17) is 0 Å². The van der Waals surface area contributed by atoms with E-state index >= 15 is 0 Å². The lowest BCUT2D eigenvalue weighted by atomic mass is 9.95. The third kappa shape index (κ3) is 4.67. The summed E-state index contributed by atoms with van der Waals surface area (Å²) in [4.78, 5) is 27.1. The highest BCUT2D eigenvalue weighted by atomic mass is 16.2. The Kier molecular flexibility index (Phi) is 5.79. The van der Waals surface area contributed by atoms with Gasteiger partial charge in [-0.25, -0.2) is 0 Å². The van der Waals surface area contributed by atoms with Crippen LogP contribution >= 0.6 is 0 Å². The Morgan fingerprint density at radius 2 is 1.93 bits per heavy atom. The van der Waals surface area contributed by atoms with Crippen molar-refractivity contribution in [1.82, 2.24) is 5.32 Å². The molecule has 0 saturated carbocycles. The Morgan fingerprint density at radius 1 is 1.15 bits per heavy atom. The van der Waals surface area contributed by atoms with E-state index in [-0.39, 0.29) is 24.4 Å². The number of benzene rings is 2. The molecule has 0 unspecified atom stereocenters. The molecule has 0 aliphatic carbocycles. The van der Waals surface area contributed by atoms with Gasteiger partial charge in [0.2, 0.25) is 5.91 Å². The number of anilines is 2. The molecule has 142 valence electrons. The van der Waals surface area contributed by atoms with E-state index < -0.39 is 0 Å². The Hall–Kier alpha value is -2.82. The maximum atomic E-state index is 12.5. The van der Waals surface area contributed by atoms with E-state index in [2.05, 4.69) is 15.5 Å². The van der Waals surface area contributed by atoms with Crippen LogP contribution in [0.25, 0.3) is 0 Å². The average Bonchev–Trinajstić information content (AvgIpc) is 2.61. The maximum Gasteiger partial charge on any atom is 0.251 e. The van der Waals surface area contributed by atoms with Gasteiger partial charge in [0, 0.05) is 29.5 Å². The molecule has 1 heterocycles. The van der Waals surface area contributed by atoms with Crippen molar-refractivity contribution in [2.75, 3.05) is 23.3 Å². The Bertz CT molecular complexity index is 845. The third-order valence-electron chi connectivity index (χ3n) is 4.65. The van der Waals surface area contributed by atoms with Crippen molar-refractivity contribution in [3.8, 4) is 0 Å². The second-order valence-corrected chi connectivity index (χ2v) is 7.37. The van der Waals surface area contributed by atoms with E-state index in [9.17, 15) is 9.59 Å². The van der Waals surface area contributed by atoms with E-state index in [1.54, 1.807) is 0 Å². The standard InChI is InChI=1S/C22H27N3O2/c1-15(2)23-22(27)19-9-5-11-20-18(19)10-6-12-25(20)14-21(26)24-17-8-4-7-16(3)13-17/h4-5,7-9,11,13,15H,6,10,12,14H2,1-3H3,(H,23,27)(H,24,26). The minimum absolute atomic E-state index is 0.0482. The Balaban J connectivity index is 1.76. The average molecular weight is 365 g/mol. The first-order chi connectivity index (χ1) is 12.9. The fourth-order valence-electron chi connectivity index (χ4n) is 3.51. The monoisotopic (exact) mass is 365 g/mol. The lowest BCUT2D eigenvalue weighted by Crippen LogP contribution is -2.38. The number of aryl methyl sites for hydroxylation is 1. The van der Waals surface area contributed by atoms with Crippen molar-refractivity contribution in [3.05, 3.63) is 59.2 Å². The van der Waals surface area contributed by atoms with E-state index in [0.717, 1.165) is 41.9 Å². The molecule has 0 radical (unpaired) electrons. The Morgan fingerprint density at radius 3 is 2.67 bits per heavy atom. The second-order valence-electron chi connectivity index (χ2n) is 7.37. The SMILES string of the molecule is Cc1cccc(NC(=O)CN2CCCc3c(C(=O)NC(C)C)cccc32)c1. The van der Waals surface area contributed by atoms with Crippen LogP contribution in [0.2, 0.25) is 0 Å². The molecule has 1 aliphatic rings. The van der Waals surface area contributed by atoms with Gasteiger partial charge in [0.1, 0.15) is 0 Å². The number of nitrogens with one attached hydrogen (secondary N) is 2. The molecule has 0 atom stereocenters. The molecule has 0 aromatic heterocycles. The molecule has 0 spiro atoms. The van der Waals surface area contributed by atoms with Crippen LogP contribution < -0.4 is 15.5 Å². The summed E-state index contributed by atoms with van der Waals surface area (Å²) in [6.07, 6.45) is 1.78. The zero-order chi connectivity index (χ0) is 19.4. The topological polar surface area (TPSA) is 61.4 Å². The molecule has 5 nitrogen and oxygen atoms in total. The van der Waals surface area contributed by atoms with Crippen molar-refractivity contribution in [2.24, 2.45) is 0 Å². The van der Waals surface area contributed by atoms with Crippen LogP contribution in [0.1, 0.15) is 41.8 Å². The number of carbonyl (C=O) groups excluding carboxylic acids is 2. The van der Waals surface area contributed by atoms with E-state index in [1.165, 1.54) is 0 Å². The summed E-state index contributed by atoms with van der Waals surface area (Å²) in [7, 11) is 0. The molecule has 2 N–H and O–H groups in total. The number of rotatable bonds is 5. The van der Waals surface area contributed by atoms with Gasteiger partial charge in [-0.3, -0.25) is 9.59 Å². The first-order valence-electron chi connectivity index (χ1n) is 9.48. The molecule has 5 heteroatoms. The molecule has 2 amide bonds. The van der Waals surface area contributed by atoms with E-state index in [1.807, 2.05) is 63.2 Å². The lowest BCUT2D eigenvalue weighted by molar-refractivity contribution is -0.115. The van der Waals surface area contributed by atoms with Gasteiger partial charge in [0.05, 0.1) is 6.54 Å². The van der Waals surface area contributed by atoms with Crippen LogP contribution in [-0.4, -0.2) is 30.9 Å². The Labute approximate surface area is 160 Å². The molecule has 27 heavy (non-hydrogen) atoms. The summed E-state index contributed by atoms with van der Waals surface area (Å²) in [6.45, 7) is 6.99. The molecule has 2 aromatic rings. The fourth-order valence-corrected chi connectivity index (χ4v) is 3.51. The number of fused-ring (bicyclic) bond motifs is 1. The highest BCUT2D eigenvalue weighted by molar-refractivity contribution is 5.98. The zero-order valence-electron chi connectivity index (χ0n) is 16.2. The lowest BCUT2D eigenvalue weighted by Gasteiger charge is -2.32. The van der Waals surface area contributed by atoms with Gasteiger partial charge < -0.3 is 15.5 Å². The summed E-state index contributed by atoms with van der Waals surface area (Å²) < 4.78 is 0. The maximum absolute atomic E-state index is 12.5. The summed E-state index contributed by atoms with van der Waals surface area (Å²) in [6, 6.07) is 13.6. The summed E-state index contributed by atoms with van der Waals surface area (Å²) in [5.41, 5.74) is 4.64. The molecule has 1 aliphatic heterocycles. The second kappa shape index (κ2) is 8.25. The van der Waals surface area contributed by atoms with Crippen molar-refractivity contribution in [3.63, 3.8) is 0 Å². The summed E-state index contributed by atoms with van der Waals surface area (Å²) >= 11 is 0. The van der Waals surface area contributed by atoms with Gasteiger partial charge >= 0.3 is 0 Å². The number of hydrogen-bond donors (Lipinski definition) is 2. The first-order valence-corrected chi connectivity index (χ1v) is 9.48. The zero-order valence-corrected chi connectivity index (χ0v) is 16.2. The fraction of sp³-hybridized carbons (Fsp3) is 0.364. The van der Waals surface area contributed by atoms with Crippen molar-refractivity contribution in [1.29, 1.82) is 0 Å². The van der Waals surface area contributed by atoms with Gasteiger partial charge in [-0.05, 0) is 69.0 Å². The van der Waals surface area contributed by atoms with Gasteiger partial charge in [-0.15, -0.1) is 0 Å². The number of carbonyl (C=O) groups is 2. The van der Waals surface area contributed by atoms with Gasteiger partial charge in [0.25, 0.3) is 5.91 Å². The van der Waals surface area contributed by atoms with Crippen LogP contribution in [0.3, 0.4) is 0 Å². The predicted octanol–water partition coefficient (Wildman–Crippen LogP) is 3.52. The minimum atomic E-state index is -0.0505. The van der Waals surface area contributed by atoms with Crippen LogP contribution in [0.5, 0.6) is 0 Å². The van der Waals surface area contributed by atoms with Crippen LogP contribution in [0.4, 0.5) is 11.4 Å². The quantitative estimate of drug-likeness (QED) is 0.852. The summed E-state index contributed by atoms with van der Waals surface area (Å²) in [5.74, 6) is -0.0987. The molecule has 3 rings (SSSR count). The third-order valence-corrected chi connectivity index (χ3v) is 4.65. The van der Waals surface area contributed by atoms with Crippen molar-refractivity contribution >= 4 is 23.2 Å². The molecular weight excluding hydrogens is 338 g/mol. The highest BCUT2D eigenvalue weighted by Crippen LogP contribution is 2.30. The normalized spacial score (nSPS) is 13.3. The van der Waals surface area contributed by atoms with Crippen LogP contribution in [0, 0.1) is 6.92 Å². The molecule has 0 saturated heterocycles. The molecular formula is C22H27N3O2. The predicted molar refractivity (Wildman–Crippen MR) is 109 cm³/mol. The van der Waals surface area contributed by atoms with E-state index in [0.29, 0.717) is 5.56 Å². The highest BCUT2D eigenvalue weighted by Gasteiger charge is 2.23. The van der Waals surface area contributed by atoms with Gasteiger partial charge in [0.15, 0.2) is 0 Å². The summed E-state index contributed by atoms with van der Waals surface area (Å²) in [5, 5.41) is 5.93. The first kappa shape index (κ1) is 19.0. The largest absolute Gasteiger partial charge is 0.362 e. The van der Waals surface area contributed by atoms with Gasteiger partial charge in [-0.1, -0.05) is 18.2 Å². The van der Waals surface area contributed by atoms with Crippen LogP contribution in [-0.2, 0) is 11.2 Å². The minimum Gasteiger partial charge on any atom is -0.362 e. The van der Waals surface area contributed by atoms with Crippen molar-refractivity contribution in [2.45, 2.75) is 39.7 Å². The van der Waals surface area contributed by atoms with Crippen molar-refractivity contribution < 1.29 is 9.59 Å².